The van der Waals surface area contributed by atoms with E-state index in [0.717, 1.165) is 11.3 Å². The van der Waals surface area contributed by atoms with Crippen LogP contribution in [0.25, 0.3) is 0 Å². The van der Waals surface area contributed by atoms with Crippen LogP contribution < -0.4 is 10.1 Å². The number of hydrogen-bond donors (Lipinski definition) is 1. The van der Waals surface area contributed by atoms with E-state index in [9.17, 15) is 4.79 Å². The van der Waals surface area contributed by atoms with Crippen LogP contribution in [0.15, 0.2) is 36.4 Å². The Hall–Kier alpha value is -1.83. The summed E-state index contributed by atoms with van der Waals surface area (Å²) in [5.74, 6) is -0.641. The highest BCUT2D eigenvalue weighted by Gasteiger charge is 2.33. The monoisotopic (exact) mass is 439 g/mol. The largest absolute Gasteiger partial charge is 0.494 e. The Morgan fingerprint density at radius 1 is 1.32 bits per heavy atom. The van der Waals surface area contributed by atoms with E-state index < -0.39 is 11.1 Å². The molecule has 0 fully saturated rings. The van der Waals surface area contributed by atoms with Crippen LogP contribution in [0.5, 0.6) is 5.75 Å². The molecule has 0 saturated carbocycles. The molecular weight excluding hydrogens is 421 g/mol. The Balaban J connectivity index is 2.08. The third kappa shape index (κ3) is 4.42. The molecule has 1 aliphatic heterocycles. The fourth-order valence-corrected chi connectivity index (χ4v) is 4.97. The number of carbonyl (C=O) groups excluding carboxylic acids is 1. The minimum absolute atomic E-state index is 0.0914. The van der Waals surface area contributed by atoms with Crippen LogP contribution in [0.1, 0.15) is 29.7 Å². The number of methoxy groups -OCH3 is 1. The van der Waals surface area contributed by atoms with Crippen molar-refractivity contribution in [2.75, 3.05) is 19.0 Å². The fraction of sp³-hybridized carbons (Fsp3) is 0.300. The van der Waals surface area contributed by atoms with Crippen LogP contribution in [0.2, 0.25) is 5.02 Å². The highest BCUT2D eigenvalue weighted by atomic mass is 35.5. The molecule has 2 aromatic rings. The molecular formula is C20H19ClFNO3S2. The average Bonchev–Trinajstić information content (AvgIpc) is 2.79. The maximum absolute atomic E-state index is 15.1. The van der Waals surface area contributed by atoms with Gasteiger partial charge in [-0.15, -0.1) is 11.8 Å². The smallest absolute Gasteiger partial charge is 0.307 e. The normalized spacial score (nSPS) is 18.6. The zero-order chi connectivity index (χ0) is 20.3. The van der Waals surface area contributed by atoms with Gasteiger partial charge < -0.3 is 14.8 Å². The summed E-state index contributed by atoms with van der Waals surface area (Å²) < 4.78 is 25.3. The molecule has 0 saturated heterocycles. The summed E-state index contributed by atoms with van der Waals surface area (Å²) in [6.07, 6.45) is 0.0914. The number of ether oxygens (including phenoxy) is 2. The van der Waals surface area contributed by atoms with Crippen molar-refractivity contribution in [3.05, 3.63) is 58.4 Å². The lowest BCUT2D eigenvalue weighted by molar-refractivity contribution is -0.142. The van der Waals surface area contributed by atoms with Gasteiger partial charge in [0.25, 0.3) is 0 Å². The molecule has 0 aliphatic carbocycles. The summed E-state index contributed by atoms with van der Waals surface area (Å²) in [7, 11) is 1.42. The number of rotatable bonds is 5. The Morgan fingerprint density at radius 3 is 2.82 bits per heavy atom. The van der Waals surface area contributed by atoms with Gasteiger partial charge in [-0.3, -0.25) is 4.79 Å². The van der Waals surface area contributed by atoms with Gasteiger partial charge in [0.1, 0.15) is 0 Å². The second kappa shape index (κ2) is 9.11. The van der Waals surface area contributed by atoms with Crippen molar-refractivity contribution in [1.82, 2.24) is 0 Å². The third-order valence-corrected chi connectivity index (χ3v) is 6.58. The number of anilines is 1. The van der Waals surface area contributed by atoms with Crippen LogP contribution in [0, 0.1) is 5.82 Å². The summed E-state index contributed by atoms with van der Waals surface area (Å²) in [6.45, 7) is 2.04. The molecule has 2 aromatic carbocycles. The van der Waals surface area contributed by atoms with E-state index in [4.69, 9.17) is 33.3 Å². The number of thioether (sulfide) groups is 1. The van der Waals surface area contributed by atoms with Crippen molar-refractivity contribution < 1.29 is 18.7 Å². The highest BCUT2D eigenvalue weighted by molar-refractivity contribution is 8.02. The molecule has 0 spiro atoms. The number of esters is 1. The lowest BCUT2D eigenvalue weighted by Gasteiger charge is -2.22. The summed E-state index contributed by atoms with van der Waals surface area (Å²) in [5, 5.41) is 2.90. The van der Waals surface area contributed by atoms with E-state index in [0.29, 0.717) is 22.2 Å². The number of nitrogens with one attached hydrogen (secondary N) is 1. The van der Waals surface area contributed by atoms with Gasteiger partial charge in [-0.25, -0.2) is 4.39 Å². The first-order chi connectivity index (χ1) is 13.4. The van der Waals surface area contributed by atoms with E-state index in [-0.39, 0.29) is 23.4 Å². The zero-order valence-electron chi connectivity index (χ0n) is 15.3. The minimum Gasteiger partial charge on any atom is -0.494 e. The van der Waals surface area contributed by atoms with E-state index in [1.54, 1.807) is 37.3 Å². The number of benzene rings is 2. The lowest BCUT2D eigenvalue weighted by atomic mass is 10.0. The van der Waals surface area contributed by atoms with E-state index in [1.165, 1.54) is 18.9 Å². The van der Waals surface area contributed by atoms with Crippen LogP contribution in [0.4, 0.5) is 10.1 Å². The van der Waals surface area contributed by atoms with Gasteiger partial charge >= 0.3 is 5.97 Å². The van der Waals surface area contributed by atoms with Gasteiger partial charge in [0.15, 0.2) is 11.6 Å². The topological polar surface area (TPSA) is 47.6 Å². The molecule has 1 heterocycles. The van der Waals surface area contributed by atoms with Crippen molar-refractivity contribution in [1.29, 1.82) is 0 Å². The second-order valence-electron chi connectivity index (χ2n) is 6.10. The van der Waals surface area contributed by atoms with Crippen molar-refractivity contribution in [2.45, 2.75) is 23.8 Å². The number of thiocarbonyl (C=S) groups is 1. The summed E-state index contributed by atoms with van der Waals surface area (Å²) in [6, 6.07) is 10.3. The summed E-state index contributed by atoms with van der Waals surface area (Å²) in [4.78, 5) is 12.6. The molecule has 0 amide bonds. The zero-order valence-corrected chi connectivity index (χ0v) is 17.7. The maximum atomic E-state index is 15.1. The van der Waals surface area contributed by atoms with E-state index in [2.05, 4.69) is 5.32 Å². The summed E-state index contributed by atoms with van der Waals surface area (Å²) >= 11 is 13.1. The Bertz CT molecular complexity index is 909. The second-order valence-corrected chi connectivity index (χ2v) is 8.29. The molecule has 0 aromatic heterocycles. The van der Waals surface area contributed by atoms with E-state index in [1.807, 2.05) is 6.07 Å². The van der Waals surface area contributed by atoms with Crippen molar-refractivity contribution in [2.24, 2.45) is 0 Å². The molecule has 3 rings (SSSR count). The maximum Gasteiger partial charge on any atom is 0.307 e. The molecule has 0 bridgehead atoms. The molecule has 28 heavy (non-hydrogen) atoms. The molecule has 148 valence electrons. The Kier molecular flexibility index (Phi) is 6.80. The van der Waals surface area contributed by atoms with E-state index >= 15 is 4.39 Å². The van der Waals surface area contributed by atoms with Crippen molar-refractivity contribution in [3.8, 4) is 5.75 Å². The highest BCUT2D eigenvalue weighted by Crippen LogP contribution is 2.47. The van der Waals surface area contributed by atoms with Gasteiger partial charge in [-0.05, 0) is 36.8 Å². The molecule has 4 nitrogen and oxygen atoms in total. The van der Waals surface area contributed by atoms with Crippen molar-refractivity contribution in [3.63, 3.8) is 0 Å². The quantitative estimate of drug-likeness (QED) is 0.498. The average molecular weight is 440 g/mol. The van der Waals surface area contributed by atoms with Gasteiger partial charge in [0.05, 0.1) is 35.6 Å². The van der Waals surface area contributed by atoms with Gasteiger partial charge in [0.2, 0.25) is 0 Å². The number of hydrogen-bond acceptors (Lipinski definition) is 5. The van der Waals surface area contributed by atoms with Gasteiger partial charge in [0, 0.05) is 16.3 Å². The molecule has 2 atom stereocenters. The van der Waals surface area contributed by atoms with Gasteiger partial charge in [-0.1, -0.05) is 36.0 Å². The van der Waals surface area contributed by atoms with Gasteiger partial charge in [-0.2, -0.15) is 0 Å². The third-order valence-electron chi connectivity index (χ3n) is 4.30. The summed E-state index contributed by atoms with van der Waals surface area (Å²) in [5.41, 5.74) is 1.96. The number of carbonyl (C=O) groups is 1. The van der Waals surface area contributed by atoms with Crippen molar-refractivity contribution >= 4 is 52.2 Å². The lowest BCUT2D eigenvalue weighted by Crippen LogP contribution is -2.25. The fourth-order valence-electron chi connectivity index (χ4n) is 3.02. The molecule has 8 heteroatoms. The SMILES string of the molecule is CCOC(=O)C[C@@H]1S[C@@H](c2cccc(OC)c2F)c2cc(Cl)ccc2NC1=S. The first-order valence-electron chi connectivity index (χ1n) is 8.68. The Labute approximate surface area is 177 Å². The van der Waals surface area contributed by atoms with Crippen LogP contribution >= 0.6 is 35.6 Å². The predicted molar refractivity (Wildman–Crippen MR) is 115 cm³/mol. The molecule has 1 N–H and O–H groups in total. The number of halogens is 2. The molecule has 1 aliphatic rings. The van der Waals surface area contributed by atoms with Crippen LogP contribution in [-0.4, -0.2) is 29.9 Å². The predicted octanol–water partition coefficient (Wildman–Crippen LogP) is 5.39. The number of fused-ring (bicyclic) bond motifs is 1. The Morgan fingerprint density at radius 2 is 2.11 bits per heavy atom. The minimum atomic E-state index is -0.448. The standard InChI is InChI=1S/C20H19ClFNO3S2/c1-3-26-17(24)10-16-20(27)23-14-8-7-11(21)9-13(14)19(28-16)12-5-4-6-15(25-2)18(12)22/h4-9,16,19H,3,10H2,1-2H3,(H,23,27)/t16-,19-/m0/s1. The van der Waals surface area contributed by atoms with Crippen LogP contribution in [0.3, 0.4) is 0 Å². The molecule has 0 radical (unpaired) electrons. The van der Waals surface area contributed by atoms with Crippen LogP contribution in [-0.2, 0) is 9.53 Å². The first kappa shape index (κ1) is 20.9. The first-order valence-corrected chi connectivity index (χ1v) is 10.4. The molecule has 0 unspecified atom stereocenters.